The Labute approximate surface area is 193 Å². The van der Waals surface area contributed by atoms with E-state index in [1.807, 2.05) is 37.3 Å². The molecule has 0 fully saturated rings. The Morgan fingerprint density at radius 2 is 1.65 bits per heavy atom. The third-order valence-corrected chi connectivity index (χ3v) is 5.09. The molecule has 0 spiro atoms. The first-order chi connectivity index (χ1) is 16.5. The summed E-state index contributed by atoms with van der Waals surface area (Å²) in [6.07, 6.45) is 1.71. The number of amides is 1. The largest absolute Gasteiger partial charge is 0.417 e. The Morgan fingerprint density at radius 1 is 0.912 bits per heavy atom. The van der Waals surface area contributed by atoms with E-state index in [1.165, 1.54) is 0 Å². The van der Waals surface area contributed by atoms with Crippen molar-refractivity contribution in [3.05, 3.63) is 101 Å². The molecule has 0 saturated heterocycles. The van der Waals surface area contributed by atoms with E-state index < -0.39 is 5.76 Å². The number of hydrogen-bond donors (Lipinski definition) is 4. The van der Waals surface area contributed by atoms with Crippen molar-refractivity contribution in [3.63, 3.8) is 0 Å². The zero-order valence-corrected chi connectivity index (χ0v) is 18.1. The number of aromatic nitrogens is 3. The molecule has 0 aliphatic heterocycles. The monoisotopic (exact) mass is 452 g/mol. The number of nitrogens with zero attached hydrogens (tertiary/aromatic N) is 2. The molecular formula is C25H20N6O3. The molecule has 5 aromatic rings. The number of carbonyl (C=O) groups excluding carboxylic acids is 1. The third-order valence-electron chi connectivity index (χ3n) is 5.09. The summed E-state index contributed by atoms with van der Waals surface area (Å²) < 4.78 is 5.04. The van der Waals surface area contributed by atoms with Crippen molar-refractivity contribution in [2.24, 2.45) is 0 Å². The van der Waals surface area contributed by atoms with Crippen LogP contribution in [0.15, 0.2) is 88.2 Å². The number of oxazole rings is 1. The topological polar surface area (TPSA) is 125 Å². The average Bonchev–Trinajstić information content (AvgIpc) is 3.22. The van der Waals surface area contributed by atoms with Crippen molar-refractivity contribution in [3.8, 4) is 0 Å². The van der Waals surface area contributed by atoms with Crippen LogP contribution in [-0.4, -0.2) is 20.9 Å². The van der Waals surface area contributed by atoms with Crippen LogP contribution in [0.3, 0.4) is 0 Å². The molecular weight excluding hydrogens is 432 g/mol. The summed E-state index contributed by atoms with van der Waals surface area (Å²) in [6, 6.07) is 21.6. The standard InChI is InChI=1S/C25H20N6O3/c1-15-14-26-24(31-22(15)27-19-11-12-21-20(13-19)30-25(33)34-21)29-18-9-7-17(8-10-18)28-23(32)16-5-3-2-4-6-16/h2-14H,1H3,(H,28,32)(H,30,33)(H2,26,27,29,31). The lowest BCUT2D eigenvalue weighted by atomic mass is 10.2. The molecule has 2 heterocycles. The summed E-state index contributed by atoms with van der Waals surface area (Å²) in [6.45, 7) is 1.90. The number of hydrogen-bond acceptors (Lipinski definition) is 7. The highest BCUT2D eigenvalue weighted by Crippen LogP contribution is 2.24. The van der Waals surface area contributed by atoms with E-state index in [-0.39, 0.29) is 5.91 Å². The van der Waals surface area contributed by atoms with Crippen LogP contribution >= 0.6 is 0 Å². The fourth-order valence-electron chi connectivity index (χ4n) is 3.35. The molecule has 1 amide bonds. The molecule has 5 rings (SSSR count). The van der Waals surface area contributed by atoms with Crippen LogP contribution < -0.4 is 21.7 Å². The molecule has 0 aliphatic carbocycles. The summed E-state index contributed by atoms with van der Waals surface area (Å²) >= 11 is 0. The molecule has 34 heavy (non-hydrogen) atoms. The van der Waals surface area contributed by atoms with Crippen molar-refractivity contribution >= 4 is 45.8 Å². The molecule has 0 atom stereocenters. The number of aryl methyl sites for hydroxylation is 1. The summed E-state index contributed by atoms with van der Waals surface area (Å²) in [4.78, 5) is 35.2. The van der Waals surface area contributed by atoms with Crippen molar-refractivity contribution in [2.75, 3.05) is 16.0 Å². The fourth-order valence-corrected chi connectivity index (χ4v) is 3.35. The number of anilines is 5. The van der Waals surface area contributed by atoms with Gasteiger partial charge in [0.25, 0.3) is 5.91 Å². The summed E-state index contributed by atoms with van der Waals surface area (Å²) in [7, 11) is 0. The van der Waals surface area contributed by atoms with Gasteiger partial charge in [0, 0.05) is 34.4 Å². The number of H-pyrrole nitrogens is 1. The van der Waals surface area contributed by atoms with Gasteiger partial charge < -0.3 is 20.4 Å². The highest BCUT2D eigenvalue weighted by molar-refractivity contribution is 6.04. The first-order valence-corrected chi connectivity index (χ1v) is 10.5. The fraction of sp³-hybridized carbons (Fsp3) is 0.0400. The van der Waals surface area contributed by atoms with Crippen molar-refractivity contribution < 1.29 is 9.21 Å². The second-order valence-corrected chi connectivity index (χ2v) is 7.60. The van der Waals surface area contributed by atoms with Crippen LogP contribution in [0.1, 0.15) is 15.9 Å². The molecule has 3 aromatic carbocycles. The van der Waals surface area contributed by atoms with Crippen molar-refractivity contribution in [1.29, 1.82) is 0 Å². The van der Waals surface area contributed by atoms with E-state index >= 15 is 0 Å². The quantitative estimate of drug-likeness (QED) is 0.287. The Kier molecular flexibility index (Phi) is 5.49. The Hall–Kier alpha value is -4.92. The van der Waals surface area contributed by atoms with E-state index in [1.54, 1.807) is 48.7 Å². The predicted octanol–water partition coefficient (Wildman–Crippen LogP) is 4.96. The maximum absolute atomic E-state index is 12.3. The Balaban J connectivity index is 1.28. The molecule has 0 bridgehead atoms. The van der Waals surface area contributed by atoms with Gasteiger partial charge in [0.05, 0.1) is 5.52 Å². The van der Waals surface area contributed by atoms with Gasteiger partial charge in [-0.3, -0.25) is 9.78 Å². The molecule has 4 N–H and O–H groups in total. The van der Waals surface area contributed by atoms with Crippen LogP contribution in [0.2, 0.25) is 0 Å². The first-order valence-electron chi connectivity index (χ1n) is 10.5. The molecule has 0 aliphatic rings. The van der Waals surface area contributed by atoms with Gasteiger partial charge in [-0.2, -0.15) is 4.98 Å². The van der Waals surface area contributed by atoms with Gasteiger partial charge in [-0.15, -0.1) is 0 Å². The van der Waals surface area contributed by atoms with Crippen LogP contribution in [0.25, 0.3) is 11.1 Å². The predicted molar refractivity (Wildman–Crippen MR) is 131 cm³/mol. The van der Waals surface area contributed by atoms with Gasteiger partial charge in [0.2, 0.25) is 5.95 Å². The van der Waals surface area contributed by atoms with E-state index in [2.05, 4.69) is 30.9 Å². The molecule has 2 aromatic heterocycles. The van der Waals surface area contributed by atoms with Gasteiger partial charge in [-0.1, -0.05) is 18.2 Å². The number of nitrogens with one attached hydrogen (secondary N) is 4. The molecule has 9 nitrogen and oxygen atoms in total. The van der Waals surface area contributed by atoms with E-state index in [0.29, 0.717) is 34.1 Å². The Bertz CT molecular complexity index is 1520. The highest BCUT2D eigenvalue weighted by atomic mass is 16.4. The SMILES string of the molecule is Cc1cnc(Nc2ccc(NC(=O)c3ccccc3)cc2)nc1Nc1ccc2oc(=O)[nH]c2c1. The summed E-state index contributed by atoms with van der Waals surface area (Å²) in [5.41, 5.74) is 4.72. The van der Waals surface area contributed by atoms with Gasteiger partial charge >= 0.3 is 5.76 Å². The second kappa shape index (κ2) is 8.91. The van der Waals surface area contributed by atoms with Gasteiger partial charge in [0.15, 0.2) is 5.58 Å². The summed E-state index contributed by atoms with van der Waals surface area (Å²) in [5, 5.41) is 9.28. The van der Waals surface area contributed by atoms with Crippen LogP contribution in [0.4, 0.5) is 28.8 Å². The minimum absolute atomic E-state index is 0.170. The lowest BCUT2D eigenvalue weighted by Gasteiger charge is -2.11. The van der Waals surface area contributed by atoms with E-state index in [4.69, 9.17) is 4.42 Å². The molecule has 0 saturated carbocycles. The number of fused-ring (bicyclic) bond motifs is 1. The highest BCUT2D eigenvalue weighted by Gasteiger charge is 2.08. The normalized spacial score (nSPS) is 10.7. The maximum atomic E-state index is 12.3. The average molecular weight is 452 g/mol. The first kappa shape index (κ1) is 21.0. The molecule has 168 valence electrons. The molecule has 9 heteroatoms. The van der Waals surface area contributed by atoms with Crippen molar-refractivity contribution in [1.82, 2.24) is 15.0 Å². The lowest BCUT2D eigenvalue weighted by Crippen LogP contribution is -2.11. The second-order valence-electron chi connectivity index (χ2n) is 7.60. The van der Waals surface area contributed by atoms with Gasteiger partial charge in [-0.25, -0.2) is 9.78 Å². The minimum Gasteiger partial charge on any atom is -0.408 e. The number of benzene rings is 3. The van der Waals surface area contributed by atoms with Gasteiger partial charge in [0.1, 0.15) is 5.82 Å². The van der Waals surface area contributed by atoms with Gasteiger partial charge in [-0.05, 0) is 61.5 Å². The zero-order chi connectivity index (χ0) is 23.5. The number of rotatable bonds is 6. The van der Waals surface area contributed by atoms with E-state index in [0.717, 1.165) is 16.9 Å². The summed E-state index contributed by atoms with van der Waals surface area (Å²) in [5.74, 6) is 0.362. The number of aromatic amines is 1. The maximum Gasteiger partial charge on any atom is 0.417 e. The van der Waals surface area contributed by atoms with Crippen molar-refractivity contribution in [2.45, 2.75) is 6.92 Å². The Morgan fingerprint density at radius 3 is 2.44 bits per heavy atom. The lowest BCUT2D eigenvalue weighted by molar-refractivity contribution is 0.102. The van der Waals surface area contributed by atoms with Crippen LogP contribution in [0, 0.1) is 6.92 Å². The van der Waals surface area contributed by atoms with Crippen LogP contribution in [0.5, 0.6) is 0 Å². The molecule has 0 unspecified atom stereocenters. The minimum atomic E-state index is -0.498. The molecule has 0 radical (unpaired) electrons. The van der Waals surface area contributed by atoms with E-state index in [9.17, 15) is 9.59 Å². The number of carbonyl (C=O) groups is 1. The third kappa shape index (κ3) is 4.63. The zero-order valence-electron chi connectivity index (χ0n) is 18.1. The smallest absolute Gasteiger partial charge is 0.408 e. The van der Waals surface area contributed by atoms with Crippen LogP contribution in [-0.2, 0) is 0 Å².